The monoisotopic (exact) mass is 292 g/mol. The highest BCUT2D eigenvalue weighted by molar-refractivity contribution is 6.06. The third-order valence-corrected chi connectivity index (χ3v) is 4.87. The zero-order valence-electron chi connectivity index (χ0n) is 9.64. The fourth-order valence-corrected chi connectivity index (χ4v) is 3.94. The minimum atomic E-state index is -5.17. The van der Waals surface area contributed by atoms with Crippen LogP contribution >= 0.6 is 0 Å². The number of rotatable bonds is 0. The molecule has 2 saturated carbocycles. The first-order valence-electron chi connectivity index (χ1n) is 5.90. The summed E-state index contributed by atoms with van der Waals surface area (Å²) in [6.45, 7) is 0. The number of ketones is 1. The lowest BCUT2D eigenvalue weighted by Crippen LogP contribution is -2.96. The summed E-state index contributed by atoms with van der Waals surface area (Å²) < 4.78 is 82.2. The van der Waals surface area contributed by atoms with Gasteiger partial charge in [-0.25, -0.2) is 8.78 Å². The van der Waals surface area contributed by atoms with E-state index in [1.165, 1.54) is 24.3 Å². The Morgan fingerprint density at radius 3 is 1.90 bits per heavy atom. The van der Waals surface area contributed by atoms with Gasteiger partial charge in [0, 0.05) is 11.5 Å². The molecule has 0 amide bonds. The van der Waals surface area contributed by atoms with Crippen LogP contribution in [0, 0.1) is 5.92 Å². The summed E-state index contributed by atoms with van der Waals surface area (Å²) in [5, 5.41) is 0. The number of benzene rings is 1. The molecule has 20 heavy (non-hydrogen) atoms. The van der Waals surface area contributed by atoms with E-state index in [0.717, 1.165) is 0 Å². The van der Waals surface area contributed by atoms with Crippen LogP contribution in [0.1, 0.15) is 21.8 Å². The summed E-state index contributed by atoms with van der Waals surface area (Å²) >= 11 is 0. The van der Waals surface area contributed by atoms with Crippen LogP contribution in [-0.4, -0.2) is 29.0 Å². The predicted octanol–water partition coefficient (Wildman–Crippen LogP) is 3.30. The molecule has 4 rings (SSSR count). The predicted molar refractivity (Wildman–Crippen MR) is 54.6 cm³/mol. The van der Waals surface area contributed by atoms with Gasteiger partial charge in [0.1, 0.15) is 0 Å². The molecular weight excluding hydrogens is 286 g/mol. The lowest BCUT2D eigenvalue weighted by molar-refractivity contribution is -0.489. The highest BCUT2D eigenvalue weighted by Gasteiger charge is 3.08. The van der Waals surface area contributed by atoms with Gasteiger partial charge in [0.15, 0.2) is 5.78 Å². The summed E-state index contributed by atoms with van der Waals surface area (Å²) in [5.41, 5.74) is -8.41. The van der Waals surface area contributed by atoms with E-state index in [0.29, 0.717) is 0 Å². The molecule has 0 aliphatic heterocycles. The molecule has 4 atom stereocenters. The Labute approximate surface area is 108 Å². The van der Waals surface area contributed by atoms with Crippen LogP contribution in [0.3, 0.4) is 0 Å². The van der Waals surface area contributed by atoms with E-state index in [9.17, 15) is 31.1 Å². The van der Waals surface area contributed by atoms with Gasteiger partial charge >= 0.3 is 11.8 Å². The summed E-state index contributed by atoms with van der Waals surface area (Å²) in [7, 11) is 0. The number of Topliss-reactive ketones (excluding diaryl/α,β-unsaturated/α-hetero) is 1. The Kier molecular flexibility index (Phi) is 1.68. The van der Waals surface area contributed by atoms with Crippen LogP contribution < -0.4 is 0 Å². The van der Waals surface area contributed by atoms with Crippen LogP contribution in [-0.2, 0) is 0 Å². The number of hydrogen-bond donors (Lipinski definition) is 0. The Bertz CT molecular complexity index is 671. The topological polar surface area (TPSA) is 17.1 Å². The van der Waals surface area contributed by atoms with Gasteiger partial charge in [-0.2, -0.15) is 17.6 Å². The third kappa shape index (κ3) is 0.730. The molecule has 0 spiro atoms. The first-order valence-corrected chi connectivity index (χ1v) is 5.90. The van der Waals surface area contributed by atoms with E-state index >= 15 is 0 Å². The highest BCUT2D eigenvalue weighted by Crippen LogP contribution is 2.84. The Morgan fingerprint density at radius 2 is 1.30 bits per heavy atom. The average molecular weight is 292 g/mol. The second-order valence-corrected chi connectivity index (χ2v) is 5.48. The van der Waals surface area contributed by atoms with Gasteiger partial charge < -0.3 is 0 Å². The third-order valence-electron chi connectivity index (χ3n) is 4.87. The van der Waals surface area contributed by atoms with Gasteiger partial charge in [-0.15, -0.1) is 0 Å². The number of fused-ring (bicyclic) bond motifs is 6. The van der Waals surface area contributed by atoms with Crippen molar-refractivity contribution in [2.45, 2.75) is 29.1 Å². The van der Waals surface area contributed by atoms with Crippen LogP contribution in [0.2, 0.25) is 0 Å². The van der Waals surface area contributed by atoms with Gasteiger partial charge in [0.05, 0.1) is 5.92 Å². The zero-order chi connectivity index (χ0) is 14.7. The van der Waals surface area contributed by atoms with E-state index in [1.807, 2.05) is 0 Å². The molecule has 3 aliphatic carbocycles. The van der Waals surface area contributed by atoms with Crippen molar-refractivity contribution >= 4 is 5.78 Å². The van der Waals surface area contributed by atoms with Crippen LogP contribution in [0.4, 0.5) is 26.3 Å². The van der Waals surface area contributed by atoms with Crippen molar-refractivity contribution < 1.29 is 31.1 Å². The van der Waals surface area contributed by atoms with Crippen molar-refractivity contribution in [1.29, 1.82) is 0 Å². The lowest BCUT2D eigenvalue weighted by atomic mass is 9.38. The summed E-state index contributed by atoms with van der Waals surface area (Å²) in [4.78, 5) is 11.9. The van der Waals surface area contributed by atoms with Gasteiger partial charge in [-0.05, 0) is 5.56 Å². The molecule has 0 aromatic heterocycles. The van der Waals surface area contributed by atoms with Gasteiger partial charge in [0.2, 0.25) is 11.3 Å². The molecule has 3 aliphatic rings. The normalized spacial score (nSPS) is 45.8. The molecule has 0 bridgehead atoms. The van der Waals surface area contributed by atoms with Gasteiger partial charge in [0.25, 0.3) is 0 Å². The number of alkyl halides is 6. The smallest absolute Gasteiger partial charge is 0.294 e. The van der Waals surface area contributed by atoms with Crippen molar-refractivity contribution in [1.82, 2.24) is 0 Å². The largest absolute Gasteiger partial charge is 0.351 e. The standard InChI is InChI=1S/C13H6F6O/c14-10-7-5-3-1-2-4-6(5)9(20)8(7)11(10,15)13(18,19)12(10,16)17/h1-4,7-8H/t7-,8-,10-,11+/m1/s1. The number of hydrogen-bond acceptors (Lipinski definition) is 1. The Balaban J connectivity index is 1.97. The van der Waals surface area contributed by atoms with E-state index < -0.39 is 40.8 Å². The minimum absolute atomic E-state index is 0.117. The summed E-state index contributed by atoms with van der Waals surface area (Å²) in [6.07, 6.45) is 0. The zero-order valence-corrected chi connectivity index (χ0v) is 9.64. The molecular formula is C13H6F6O. The molecule has 1 nitrogen and oxygen atoms in total. The Morgan fingerprint density at radius 1 is 0.800 bits per heavy atom. The SMILES string of the molecule is O=C1c2ccccc2[C@@H]2[C@H]1[C@@]1(F)C(F)(F)C(F)(F)[C@@]21F. The molecule has 1 aromatic carbocycles. The first-order chi connectivity index (χ1) is 9.14. The van der Waals surface area contributed by atoms with Crippen molar-refractivity contribution in [2.24, 2.45) is 5.92 Å². The fourth-order valence-electron chi connectivity index (χ4n) is 3.94. The van der Waals surface area contributed by atoms with E-state index in [4.69, 9.17) is 0 Å². The molecule has 0 saturated heterocycles. The lowest BCUT2D eigenvalue weighted by Gasteiger charge is -2.70. The van der Waals surface area contributed by atoms with Crippen LogP contribution in [0.5, 0.6) is 0 Å². The van der Waals surface area contributed by atoms with E-state index in [2.05, 4.69) is 0 Å². The van der Waals surface area contributed by atoms with Crippen LogP contribution in [0.25, 0.3) is 0 Å². The first kappa shape index (κ1) is 12.2. The van der Waals surface area contributed by atoms with Crippen molar-refractivity contribution in [2.75, 3.05) is 0 Å². The number of carbonyl (C=O) groups is 1. The maximum Gasteiger partial charge on any atom is 0.351 e. The molecule has 0 N–H and O–H groups in total. The molecule has 0 heterocycles. The number of halogens is 6. The summed E-state index contributed by atoms with van der Waals surface area (Å²) in [6, 6.07) is 5.16. The maximum absolute atomic E-state index is 14.4. The van der Waals surface area contributed by atoms with Crippen molar-refractivity contribution in [3.05, 3.63) is 35.4 Å². The molecule has 7 heteroatoms. The van der Waals surface area contributed by atoms with Crippen LogP contribution in [0.15, 0.2) is 24.3 Å². The molecule has 106 valence electrons. The van der Waals surface area contributed by atoms with E-state index in [1.54, 1.807) is 0 Å². The van der Waals surface area contributed by atoms with Crippen molar-refractivity contribution in [3.63, 3.8) is 0 Å². The molecule has 0 radical (unpaired) electrons. The summed E-state index contributed by atoms with van der Waals surface area (Å²) in [5.74, 6) is -15.2. The molecule has 0 unspecified atom stereocenters. The fraction of sp³-hybridized carbons (Fsp3) is 0.462. The van der Waals surface area contributed by atoms with Crippen molar-refractivity contribution in [3.8, 4) is 0 Å². The second-order valence-electron chi connectivity index (χ2n) is 5.48. The molecule has 1 aromatic rings. The van der Waals surface area contributed by atoms with Gasteiger partial charge in [-0.1, -0.05) is 24.3 Å². The highest BCUT2D eigenvalue weighted by atomic mass is 19.3. The second kappa shape index (κ2) is 2.76. The number of carbonyl (C=O) groups excluding carboxylic acids is 1. The average Bonchev–Trinajstić information content (AvgIpc) is 2.68. The quantitative estimate of drug-likeness (QED) is 0.671. The van der Waals surface area contributed by atoms with Gasteiger partial charge in [-0.3, -0.25) is 4.79 Å². The molecule has 2 fully saturated rings. The van der Waals surface area contributed by atoms with E-state index in [-0.39, 0.29) is 11.1 Å². The minimum Gasteiger partial charge on any atom is -0.294 e. The Hall–Kier alpha value is -1.53. The maximum atomic E-state index is 14.4.